The Morgan fingerprint density at radius 2 is 2.22 bits per heavy atom. The van der Waals surface area contributed by atoms with Crippen molar-refractivity contribution >= 4 is 28.4 Å². The van der Waals surface area contributed by atoms with Crippen LogP contribution in [0.1, 0.15) is 13.3 Å². The maximum atomic E-state index is 9.59. The van der Waals surface area contributed by atoms with Crippen LogP contribution in [0.25, 0.3) is 10.8 Å². The number of pyridine rings is 1. The summed E-state index contributed by atoms with van der Waals surface area (Å²) in [5.74, 6) is 2.17. The predicted molar refractivity (Wildman–Crippen MR) is 79.5 cm³/mol. The first-order valence-electron chi connectivity index (χ1n) is 6.07. The zero-order valence-corrected chi connectivity index (χ0v) is 11.5. The fraction of sp³-hybridized carbons (Fsp3) is 0.357. The quantitative estimate of drug-likeness (QED) is 0.865. The molecular weight excluding hydrogens is 244 g/mol. The van der Waals surface area contributed by atoms with E-state index in [1.165, 1.54) is 0 Å². The SMILES string of the molecule is CCC(CSC)Nc1nccc2ccc(O)cc12. The minimum atomic E-state index is 0.275. The standard InChI is InChI=1S/C14H18N2OS/c1-3-11(9-18-2)16-14-13-8-12(17)5-4-10(13)6-7-15-14/h4-8,11,17H,3,9H2,1-2H3,(H,15,16). The molecule has 0 aliphatic carbocycles. The molecule has 96 valence electrons. The number of benzene rings is 1. The Kier molecular flexibility index (Phi) is 4.31. The van der Waals surface area contributed by atoms with Gasteiger partial charge in [-0.05, 0) is 36.3 Å². The summed E-state index contributed by atoms with van der Waals surface area (Å²) in [4.78, 5) is 4.39. The van der Waals surface area contributed by atoms with E-state index in [9.17, 15) is 5.11 Å². The Bertz CT molecular complexity index is 530. The van der Waals surface area contributed by atoms with Gasteiger partial charge in [0, 0.05) is 23.4 Å². The van der Waals surface area contributed by atoms with Gasteiger partial charge in [0.1, 0.15) is 11.6 Å². The topological polar surface area (TPSA) is 45.2 Å². The number of nitrogens with zero attached hydrogens (tertiary/aromatic N) is 1. The summed E-state index contributed by atoms with van der Waals surface area (Å²) in [6.45, 7) is 2.16. The van der Waals surface area contributed by atoms with Crippen molar-refractivity contribution in [2.75, 3.05) is 17.3 Å². The lowest BCUT2D eigenvalue weighted by atomic mass is 10.1. The number of hydrogen-bond acceptors (Lipinski definition) is 4. The lowest BCUT2D eigenvalue weighted by molar-refractivity contribution is 0.476. The van der Waals surface area contributed by atoms with Crippen LogP contribution in [0.5, 0.6) is 5.75 Å². The van der Waals surface area contributed by atoms with E-state index in [0.29, 0.717) is 6.04 Å². The van der Waals surface area contributed by atoms with Gasteiger partial charge in [-0.3, -0.25) is 0 Å². The molecule has 1 aromatic heterocycles. The minimum absolute atomic E-state index is 0.275. The Morgan fingerprint density at radius 3 is 2.94 bits per heavy atom. The normalized spacial score (nSPS) is 12.6. The van der Waals surface area contributed by atoms with Crippen LogP contribution in [0.3, 0.4) is 0 Å². The van der Waals surface area contributed by atoms with Gasteiger partial charge in [0.25, 0.3) is 0 Å². The van der Waals surface area contributed by atoms with Crippen LogP contribution in [0.2, 0.25) is 0 Å². The molecule has 1 aromatic carbocycles. The summed E-state index contributed by atoms with van der Waals surface area (Å²) in [6.07, 6.45) is 4.96. The highest BCUT2D eigenvalue weighted by molar-refractivity contribution is 7.98. The summed E-state index contributed by atoms with van der Waals surface area (Å²) in [5, 5.41) is 15.1. The Hall–Kier alpha value is -1.42. The van der Waals surface area contributed by atoms with Gasteiger partial charge in [-0.2, -0.15) is 11.8 Å². The molecule has 2 N–H and O–H groups in total. The average molecular weight is 262 g/mol. The van der Waals surface area contributed by atoms with Crippen LogP contribution >= 0.6 is 11.8 Å². The summed E-state index contributed by atoms with van der Waals surface area (Å²) in [5.41, 5.74) is 0. The number of anilines is 1. The number of rotatable bonds is 5. The van der Waals surface area contributed by atoms with Crippen molar-refractivity contribution in [1.29, 1.82) is 0 Å². The molecule has 0 aliphatic heterocycles. The Morgan fingerprint density at radius 1 is 1.39 bits per heavy atom. The van der Waals surface area contributed by atoms with E-state index in [-0.39, 0.29) is 5.75 Å². The largest absolute Gasteiger partial charge is 0.508 e. The number of nitrogens with one attached hydrogen (secondary N) is 1. The zero-order valence-electron chi connectivity index (χ0n) is 10.7. The van der Waals surface area contributed by atoms with Gasteiger partial charge in [-0.1, -0.05) is 13.0 Å². The van der Waals surface area contributed by atoms with Crippen molar-refractivity contribution in [3.63, 3.8) is 0 Å². The van der Waals surface area contributed by atoms with Crippen molar-refractivity contribution in [2.24, 2.45) is 0 Å². The molecule has 1 atom stereocenters. The molecule has 0 amide bonds. The van der Waals surface area contributed by atoms with E-state index in [1.807, 2.05) is 23.9 Å². The third-order valence-electron chi connectivity index (χ3n) is 2.95. The number of aromatic hydroxyl groups is 1. The smallest absolute Gasteiger partial charge is 0.134 e. The van der Waals surface area contributed by atoms with E-state index in [4.69, 9.17) is 0 Å². The van der Waals surface area contributed by atoms with Gasteiger partial charge < -0.3 is 10.4 Å². The highest BCUT2D eigenvalue weighted by Gasteiger charge is 2.09. The number of phenolic OH excluding ortho intramolecular Hbond substituents is 1. The van der Waals surface area contributed by atoms with Crippen molar-refractivity contribution in [3.05, 3.63) is 30.5 Å². The molecule has 0 saturated carbocycles. The van der Waals surface area contributed by atoms with Gasteiger partial charge in [-0.15, -0.1) is 0 Å². The lowest BCUT2D eigenvalue weighted by Crippen LogP contribution is -2.21. The third-order valence-corrected chi connectivity index (χ3v) is 3.69. The second kappa shape index (κ2) is 5.96. The maximum absolute atomic E-state index is 9.59. The highest BCUT2D eigenvalue weighted by Crippen LogP contribution is 2.26. The van der Waals surface area contributed by atoms with Crippen molar-refractivity contribution < 1.29 is 5.11 Å². The highest BCUT2D eigenvalue weighted by atomic mass is 32.2. The second-order valence-corrected chi connectivity index (χ2v) is 5.18. The number of thioether (sulfide) groups is 1. The van der Waals surface area contributed by atoms with Crippen LogP contribution in [-0.2, 0) is 0 Å². The van der Waals surface area contributed by atoms with Gasteiger partial charge in [0.05, 0.1) is 0 Å². The van der Waals surface area contributed by atoms with E-state index < -0.39 is 0 Å². The van der Waals surface area contributed by atoms with Gasteiger partial charge in [-0.25, -0.2) is 4.98 Å². The summed E-state index contributed by atoms with van der Waals surface area (Å²) in [7, 11) is 0. The zero-order chi connectivity index (χ0) is 13.0. The van der Waals surface area contributed by atoms with E-state index in [0.717, 1.165) is 28.8 Å². The number of hydrogen-bond donors (Lipinski definition) is 2. The first kappa shape index (κ1) is 13.0. The number of phenols is 1. The molecule has 0 fully saturated rings. The first-order valence-corrected chi connectivity index (χ1v) is 7.47. The molecule has 0 radical (unpaired) electrons. The maximum Gasteiger partial charge on any atom is 0.134 e. The average Bonchev–Trinajstić information content (AvgIpc) is 2.38. The summed E-state index contributed by atoms with van der Waals surface area (Å²) >= 11 is 1.82. The summed E-state index contributed by atoms with van der Waals surface area (Å²) < 4.78 is 0. The van der Waals surface area contributed by atoms with E-state index in [2.05, 4.69) is 23.5 Å². The van der Waals surface area contributed by atoms with Gasteiger partial charge in [0.2, 0.25) is 0 Å². The van der Waals surface area contributed by atoms with Gasteiger partial charge in [0.15, 0.2) is 0 Å². The molecule has 3 nitrogen and oxygen atoms in total. The molecule has 0 aliphatic rings. The van der Waals surface area contributed by atoms with Crippen LogP contribution < -0.4 is 5.32 Å². The second-order valence-electron chi connectivity index (χ2n) is 4.27. The third kappa shape index (κ3) is 2.88. The van der Waals surface area contributed by atoms with E-state index >= 15 is 0 Å². The monoisotopic (exact) mass is 262 g/mol. The van der Waals surface area contributed by atoms with Crippen LogP contribution in [0.4, 0.5) is 5.82 Å². The number of fused-ring (bicyclic) bond motifs is 1. The van der Waals surface area contributed by atoms with Gasteiger partial charge >= 0.3 is 0 Å². The fourth-order valence-electron chi connectivity index (χ4n) is 1.93. The first-order chi connectivity index (χ1) is 8.74. The lowest BCUT2D eigenvalue weighted by Gasteiger charge is -2.17. The molecule has 2 aromatic rings. The molecule has 0 spiro atoms. The van der Waals surface area contributed by atoms with Crippen molar-refractivity contribution in [2.45, 2.75) is 19.4 Å². The molecule has 2 rings (SSSR count). The fourth-order valence-corrected chi connectivity index (χ4v) is 2.65. The van der Waals surface area contributed by atoms with Crippen LogP contribution in [0, 0.1) is 0 Å². The molecule has 0 saturated heterocycles. The minimum Gasteiger partial charge on any atom is -0.508 e. The van der Waals surface area contributed by atoms with Crippen LogP contribution in [-0.4, -0.2) is 28.1 Å². The summed E-state index contributed by atoms with van der Waals surface area (Å²) in [6, 6.07) is 7.73. The number of aromatic nitrogens is 1. The molecule has 1 unspecified atom stereocenters. The van der Waals surface area contributed by atoms with E-state index in [1.54, 1.807) is 18.3 Å². The molecular formula is C14H18N2OS. The molecule has 4 heteroatoms. The van der Waals surface area contributed by atoms with Crippen molar-refractivity contribution in [1.82, 2.24) is 4.98 Å². The molecule has 0 bridgehead atoms. The predicted octanol–water partition coefficient (Wildman–Crippen LogP) is 3.49. The molecule has 1 heterocycles. The molecule has 18 heavy (non-hydrogen) atoms. The Labute approximate surface area is 112 Å². The van der Waals surface area contributed by atoms with Crippen molar-refractivity contribution in [3.8, 4) is 5.75 Å². The Balaban J connectivity index is 2.34. The van der Waals surface area contributed by atoms with Crippen LogP contribution in [0.15, 0.2) is 30.5 Å².